The van der Waals surface area contributed by atoms with E-state index in [0.29, 0.717) is 15.6 Å². The molecule has 1 amide bonds. The number of hydrazine groups is 1. The van der Waals surface area contributed by atoms with E-state index >= 15 is 0 Å². The lowest BCUT2D eigenvalue weighted by atomic mass is 10.0. The normalized spacial score (nSPS) is 21.9. The van der Waals surface area contributed by atoms with E-state index in [1.165, 1.54) is 10.7 Å². The number of rotatable bonds is 5. The zero-order chi connectivity index (χ0) is 28.9. The van der Waals surface area contributed by atoms with Gasteiger partial charge in [0.2, 0.25) is 0 Å². The maximum Gasteiger partial charge on any atom is 0.286 e. The van der Waals surface area contributed by atoms with Crippen molar-refractivity contribution in [1.82, 2.24) is 20.2 Å². The molecule has 0 saturated carbocycles. The quantitative estimate of drug-likeness (QED) is 0.411. The largest absolute Gasteiger partial charge is 0.286 e. The summed E-state index contributed by atoms with van der Waals surface area (Å²) >= 11 is 15.9. The minimum Gasteiger partial charge on any atom is -0.283 e. The summed E-state index contributed by atoms with van der Waals surface area (Å²) in [4.78, 5) is 13.6. The molecule has 168 valence electrons. The van der Waals surface area contributed by atoms with Crippen molar-refractivity contribution in [2.24, 2.45) is 0 Å². The number of piperidine rings is 1. The van der Waals surface area contributed by atoms with Gasteiger partial charge in [-0.2, -0.15) is 5.10 Å². The molecule has 2 heterocycles. The van der Waals surface area contributed by atoms with Gasteiger partial charge in [0.05, 0.1) is 16.4 Å². The van der Waals surface area contributed by atoms with Gasteiger partial charge < -0.3 is 0 Å². The first-order chi connectivity index (χ1) is 18.0. The van der Waals surface area contributed by atoms with E-state index in [9.17, 15) is 9.18 Å². The maximum absolute atomic E-state index is 14.1. The van der Waals surface area contributed by atoms with E-state index in [1.807, 2.05) is 0 Å². The summed E-state index contributed by atoms with van der Waals surface area (Å²) in [6.07, 6.45) is -3.70. The van der Waals surface area contributed by atoms with Crippen LogP contribution in [0.1, 0.15) is 45.3 Å². The molecule has 1 N–H and O–H groups in total. The highest BCUT2D eigenvalue weighted by atomic mass is 79.9. The van der Waals surface area contributed by atoms with Crippen LogP contribution in [0, 0.1) is 0 Å². The summed E-state index contributed by atoms with van der Waals surface area (Å²) in [5.74, 6) is -1.07. The van der Waals surface area contributed by atoms with Crippen molar-refractivity contribution in [1.29, 1.82) is 0 Å². The fraction of sp³-hybridized carbons (Fsp3) is 0.304. The lowest BCUT2D eigenvalue weighted by Gasteiger charge is -2.28. The molecule has 1 aliphatic rings. The van der Waals surface area contributed by atoms with Gasteiger partial charge in [0.25, 0.3) is 5.91 Å². The molecule has 5 nitrogen and oxygen atoms in total. The van der Waals surface area contributed by atoms with Crippen molar-refractivity contribution >= 4 is 45.0 Å². The number of nitrogens with one attached hydrogen (secondary N) is 1. The first-order valence-electron chi connectivity index (χ1n) is 13.1. The van der Waals surface area contributed by atoms with Crippen LogP contribution in [0.2, 0.25) is 10.0 Å². The number of nitrogens with zero attached hydrogens (tertiary/aromatic N) is 3. The second kappa shape index (κ2) is 9.91. The zero-order valence-corrected chi connectivity index (χ0v) is 19.6. The predicted octanol–water partition coefficient (Wildman–Crippen LogP) is 6.25. The Kier molecular flexibility index (Phi) is 4.90. The molecule has 0 radical (unpaired) electrons. The fourth-order valence-electron chi connectivity index (χ4n) is 3.27. The highest BCUT2D eigenvalue weighted by molar-refractivity contribution is 9.10. The van der Waals surface area contributed by atoms with Gasteiger partial charge in [-0.15, -0.1) is 0 Å². The van der Waals surface area contributed by atoms with Gasteiger partial charge in [-0.25, -0.2) is 14.1 Å². The molecule has 3 aromatic rings. The molecule has 1 aliphatic heterocycles. The Balaban J connectivity index is 1.92. The average molecular weight is 547 g/mol. The van der Waals surface area contributed by atoms with Crippen molar-refractivity contribution in [2.45, 2.75) is 32.3 Å². The molecule has 32 heavy (non-hydrogen) atoms. The van der Waals surface area contributed by atoms with Gasteiger partial charge in [-0.1, -0.05) is 58.1 Å². The number of hydrogen-bond donors (Lipinski definition) is 1. The molecular formula is C23H22BrCl2FN4O. The van der Waals surface area contributed by atoms with Crippen LogP contribution < -0.4 is 5.43 Å². The van der Waals surface area contributed by atoms with Gasteiger partial charge >= 0.3 is 0 Å². The van der Waals surface area contributed by atoms with E-state index in [2.05, 4.69) is 26.5 Å². The molecule has 1 fully saturated rings. The van der Waals surface area contributed by atoms with E-state index in [0.717, 1.165) is 4.47 Å². The Labute approximate surface area is 214 Å². The van der Waals surface area contributed by atoms with Crippen LogP contribution in [-0.4, -0.2) is 39.9 Å². The summed E-state index contributed by atoms with van der Waals surface area (Å²) < 4.78 is 72.5. The van der Waals surface area contributed by atoms with E-state index in [-0.39, 0.29) is 27.7 Å². The lowest BCUT2D eigenvalue weighted by molar-refractivity contribution is 0.0657. The van der Waals surface area contributed by atoms with Crippen molar-refractivity contribution < 1.29 is 18.8 Å². The van der Waals surface area contributed by atoms with Crippen molar-refractivity contribution in [3.8, 4) is 16.9 Å². The number of carbonyl (C=O) groups is 1. The van der Waals surface area contributed by atoms with Crippen LogP contribution in [0.15, 0.2) is 46.9 Å². The molecule has 0 atom stereocenters. The topological polar surface area (TPSA) is 50.2 Å². The minimum atomic E-state index is -2.57. The van der Waals surface area contributed by atoms with E-state index < -0.39 is 51.2 Å². The van der Waals surface area contributed by atoms with Crippen molar-refractivity contribution in [3.63, 3.8) is 0 Å². The van der Waals surface area contributed by atoms with E-state index in [4.69, 9.17) is 32.8 Å². The third-order valence-corrected chi connectivity index (χ3v) is 5.85. The third-order valence-electron chi connectivity index (χ3n) is 4.79. The molecular weight excluding hydrogens is 518 g/mol. The molecule has 0 spiro atoms. The molecule has 1 saturated heterocycles. The molecule has 2 aromatic carbocycles. The SMILES string of the molecule is [2H]C([2H])([2H])Cc1c(C(=O)NN2C([2H])([2H])CC(F)CC2([2H])[2H])nn(-c2ccc(Cl)cc2Cl)c1-c1ccc(Br)cc1. The average Bonchev–Trinajstić information content (AvgIpc) is 3.13. The molecule has 0 unspecified atom stereocenters. The minimum absolute atomic E-state index is 0.00217. The van der Waals surface area contributed by atoms with Crippen LogP contribution in [0.5, 0.6) is 0 Å². The first kappa shape index (κ1) is 15.8. The van der Waals surface area contributed by atoms with Gasteiger partial charge in [0.1, 0.15) is 6.17 Å². The number of alkyl halides is 1. The highest BCUT2D eigenvalue weighted by Crippen LogP contribution is 2.34. The van der Waals surface area contributed by atoms with Gasteiger partial charge in [0.15, 0.2) is 5.69 Å². The Morgan fingerprint density at radius 3 is 2.66 bits per heavy atom. The summed E-state index contributed by atoms with van der Waals surface area (Å²) in [5, 5.41) is 5.32. The number of aromatic nitrogens is 2. The summed E-state index contributed by atoms with van der Waals surface area (Å²) in [5.41, 5.74) is 2.83. The fourth-order valence-corrected chi connectivity index (χ4v) is 4.03. The third kappa shape index (κ3) is 4.86. The molecule has 1 aromatic heterocycles. The number of carbonyl (C=O) groups excluding carboxylic acids is 1. The molecule has 0 aliphatic carbocycles. The van der Waals surface area contributed by atoms with Crippen molar-refractivity contribution in [3.05, 3.63) is 68.2 Å². The summed E-state index contributed by atoms with van der Waals surface area (Å²) in [7, 11) is 0. The number of amides is 1. The summed E-state index contributed by atoms with van der Waals surface area (Å²) in [6, 6.07) is 11.4. The highest BCUT2D eigenvalue weighted by Gasteiger charge is 2.27. The van der Waals surface area contributed by atoms with Crippen LogP contribution in [0.3, 0.4) is 0 Å². The Hall–Kier alpha value is -1.93. The van der Waals surface area contributed by atoms with E-state index in [1.54, 1.807) is 36.4 Å². The van der Waals surface area contributed by atoms with Crippen LogP contribution in [0.25, 0.3) is 16.9 Å². The maximum atomic E-state index is 14.1. The Morgan fingerprint density at radius 2 is 2.00 bits per heavy atom. The Morgan fingerprint density at radius 1 is 1.28 bits per heavy atom. The lowest BCUT2D eigenvalue weighted by Crippen LogP contribution is -2.47. The van der Waals surface area contributed by atoms with Crippen LogP contribution in [-0.2, 0) is 6.42 Å². The first-order valence-corrected chi connectivity index (χ1v) is 11.1. The second-order valence-electron chi connectivity index (χ2n) is 6.97. The van der Waals surface area contributed by atoms with Crippen LogP contribution in [0.4, 0.5) is 4.39 Å². The number of halogens is 4. The number of hydrogen-bond acceptors (Lipinski definition) is 3. The smallest absolute Gasteiger partial charge is 0.283 e. The van der Waals surface area contributed by atoms with Crippen molar-refractivity contribution in [2.75, 3.05) is 13.0 Å². The van der Waals surface area contributed by atoms with Gasteiger partial charge in [0, 0.05) is 43.2 Å². The summed E-state index contributed by atoms with van der Waals surface area (Å²) in [6.45, 7) is -7.69. The molecule has 9 heteroatoms. The van der Waals surface area contributed by atoms with Gasteiger partial charge in [-0.05, 0) is 49.6 Å². The van der Waals surface area contributed by atoms with Crippen LogP contribution >= 0.6 is 39.1 Å². The van der Waals surface area contributed by atoms with Gasteiger partial charge in [-0.3, -0.25) is 10.2 Å². The second-order valence-corrected chi connectivity index (χ2v) is 8.72. The zero-order valence-electron chi connectivity index (χ0n) is 23.5. The predicted molar refractivity (Wildman–Crippen MR) is 129 cm³/mol. The molecule has 0 bridgehead atoms. The Bertz CT molecular complexity index is 1380. The monoisotopic (exact) mass is 545 g/mol. The molecule has 4 rings (SSSR count). The standard InChI is InChI=1S/C23H22BrCl2FN4O/c1-2-18-21(23(32)29-30-11-9-17(27)10-12-30)28-31(20-8-7-16(25)13-19(20)26)22(18)14-3-5-15(24)6-4-14/h3-8,13,17H,2,9-12H2,1H3,(H,29,32)/i1D3,11D2,12D2. The number of benzene rings is 2.